The number of nitrogens with one attached hydrogen (secondary N) is 2. The fourth-order valence-corrected chi connectivity index (χ4v) is 3.31. The summed E-state index contributed by atoms with van der Waals surface area (Å²) in [5.74, 6) is -0.0788. The largest absolute Gasteiger partial charge is 0.352 e. The van der Waals surface area contributed by atoms with Gasteiger partial charge in [0.05, 0.1) is 0 Å². The molecule has 6 nitrogen and oxygen atoms in total. The Morgan fingerprint density at radius 3 is 2.80 bits per heavy atom. The number of amides is 4. The molecule has 112 valence electrons. The molecular weight excluding hydrogens is 258 g/mol. The van der Waals surface area contributed by atoms with Crippen molar-refractivity contribution < 1.29 is 14.4 Å². The van der Waals surface area contributed by atoms with Gasteiger partial charge in [-0.3, -0.25) is 14.9 Å². The number of urea groups is 1. The van der Waals surface area contributed by atoms with E-state index in [4.69, 9.17) is 0 Å². The third kappa shape index (κ3) is 2.64. The average Bonchev–Trinajstić information content (AvgIpc) is 2.53. The monoisotopic (exact) mass is 281 g/mol. The summed E-state index contributed by atoms with van der Waals surface area (Å²) in [6.45, 7) is 5.77. The van der Waals surface area contributed by atoms with Crippen LogP contribution in [0.3, 0.4) is 0 Å². The Morgan fingerprint density at radius 1 is 1.50 bits per heavy atom. The van der Waals surface area contributed by atoms with E-state index in [9.17, 15) is 14.4 Å². The molecule has 2 rings (SSSR count). The number of carbonyl (C=O) groups excluding carboxylic acids is 3. The van der Waals surface area contributed by atoms with Crippen LogP contribution in [-0.2, 0) is 9.59 Å². The van der Waals surface area contributed by atoms with Crippen molar-refractivity contribution in [3.8, 4) is 0 Å². The quantitative estimate of drug-likeness (QED) is 0.758. The Morgan fingerprint density at radius 2 is 2.20 bits per heavy atom. The maximum absolute atomic E-state index is 12.2. The van der Waals surface area contributed by atoms with E-state index in [-0.39, 0.29) is 24.4 Å². The molecule has 2 atom stereocenters. The summed E-state index contributed by atoms with van der Waals surface area (Å²) in [5, 5.41) is 5.14. The van der Waals surface area contributed by atoms with Gasteiger partial charge in [0.1, 0.15) is 12.1 Å². The van der Waals surface area contributed by atoms with Crippen LogP contribution in [0.25, 0.3) is 0 Å². The van der Waals surface area contributed by atoms with Gasteiger partial charge in [0, 0.05) is 6.04 Å². The number of nitrogens with zero attached hydrogens (tertiary/aromatic N) is 1. The highest BCUT2D eigenvalue weighted by Crippen LogP contribution is 2.39. The Kier molecular flexibility index (Phi) is 4.01. The molecule has 2 aliphatic rings. The molecule has 0 aromatic carbocycles. The van der Waals surface area contributed by atoms with E-state index in [0.717, 1.165) is 12.8 Å². The van der Waals surface area contributed by atoms with Crippen molar-refractivity contribution in [2.24, 2.45) is 5.92 Å². The first kappa shape index (κ1) is 14.8. The van der Waals surface area contributed by atoms with E-state index in [1.54, 1.807) is 0 Å². The van der Waals surface area contributed by atoms with E-state index in [1.165, 1.54) is 4.90 Å². The fraction of sp³-hybridized carbons (Fsp3) is 0.786. The SMILES string of the molecule is CC1CCCC2(C1)C(=O)NC(=O)N2CC(=O)NC(C)C. The molecule has 0 radical (unpaired) electrons. The molecule has 2 fully saturated rings. The molecule has 2 N–H and O–H groups in total. The Bertz CT molecular complexity index is 435. The molecule has 1 aliphatic heterocycles. The van der Waals surface area contributed by atoms with Crippen molar-refractivity contribution in [2.45, 2.75) is 58.0 Å². The molecule has 6 heteroatoms. The molecule has 0 aromatic rings. The van der Waals surface area contributed by atoms with E-state index in [1.807, 2.05) is 13.8 Å². The minimum absolute atomic E-state index is 0.0186. The van der Waals surface area contributed by atoms with Crippen LogP contribution in [0.2, 0.25) is 0 Å². The summed E-state index contributed by atoms with van der Waals surface area (Å²) in [5.41, 5.74) is -0.816. The summed E-state index contributed by atoms with van der Waals surface area (Å²) >= 11 is 0. The van der Waals surface area contributed by atoms with Crippen LogP contribution in [0.5, 0.6) is 0 Å². The van der Waals surface area contributed by atoms with Crippen molar-refractivity contribution in [2.75, 3.05) is 6.54 Å². The predicted molar refractivity (Wildman–Crippen MR) is 73.9 cm³/mol. The number of carbonyl (C=O) groups is 3. The lowest BCUT2D eigenvalue weighted by atomic mass is 9.75. The van der Waals surface area contributed by atoms with Gasteiger partial charge in [-0.15, -0.1) is 0 Å². The normalized spacial score (nSPS) is 30.0. The molecule has 0 bridgehead atoms. The Hall–Kier alpha value is -1.59. The second-order valence-corrected chi connectivity index (χ2v) is 6.30. The van der Waals surface area contributed by atoms with Gasteiger partial charge in [-0.05, 0) is 32.6 Å². The molecule has 1 spiro atoms. The van der Waals surface area contributed by atoms with Gasteiger partial charge in [-0.2, -0.15) is 0 Å². The molecule has 1 saturated heterocycles. The van der Waals surface area contributed by atoms with E-state index < -0.39 is 11.6 Å². The molecule has 2 unspecified atom stereocenters. The first-order valence-electron chi connectivity index (χ1n) is 7.27. The lowest BCUT2D eigenvalue weighted by molar-refractivity contribution is -0.131. The number of hydrogen-bond acceptors (Lipinski definition) is 3. The van der Waals surface area contributed by atoms with E-state index in [2.05, 4.69) is 17.6 Å². The highest BCUT2D eigenvalue weighted by Gasteiger charge is 2.54. The highest BCUT2D eigenvalue weighted by atomic mass is 16.2. The van der Waals surface area contributed by atoms with Crippen molar-refractivity contribution >= 4 is 17.8 Å². The van der Waals surface area contributed by atoms with Crippen molar-refractivity contribution in [1.29, 1.82) is 0 Å². The Balaban J connectivity index is 2.17. The van der Waals surface area contributed by atoms with Gasteiger partial charge in [0.2, 0.25) is 5.91 Å². The van der Waals surface area contributed by atoms with Gasteiger partial charge < -0.3 is 10.2 Å². The zero-order valence-electron chi connectivity index (χ0n) is 12.4. The van der Waals surface area contributed by atoms with Gasteiger partial charge in [0.15, 0.2) is 0 Å². The lowest BCUT2D eigenvalue weighted by Crippen LogP contribution is -2.55. The summed E-state index contributed by atoms with van der Waals surface area (Å²) in [6, 6.07) is -0.423. The first-order chi connectivity index (χ1) is 9.35. The fourth-order valence-electron chi connectivity index (χ4n) is 3.31. The molecule has 20 heavy (non-hydrogen) atoms. The number of imide groups is 1. The molecule has 0 aromatic heterocycles. The van der Waals surface area contributed by atoms with E-state index >= 15 is 0 Å². The van der Waals surface area contributed by atoms with Crippen molar-refractivity contribution in [3.63, 3.8) is 0 Å². The maximum atomic E-state index is 12.2. The zero-order chi connectivity index (χ0) is 14.9. The number of rotatable bonds is 3. The molecule has 1 aliphatic carbocycles. The second kappa shape index (κ2) is 5.42. The topological polar surface area (TPSA) is 78.5 Å². The smallest absolute Gasteiger partial charge is 0.325 e. The molecular formula is C14H23N3O3. The van der Waals surface area contributed by atoms with Gasteiger partial charge in [0.25, 0.3) is 5.91 Å². The standard InChI is InChI=1S/C14H23N3O3/c1-9(2)15-11(18)8-17-13(20)16-12(19)14(17)6-4-5-10(3)7-14/h9-10H,4-8H2,1-3H3,(H,15,18)(H,16,19,20). The third-order valence-electron chi connectivity index (χ3n) is 4.13. The summed E-state index contributed by atoms with van der Waals surface area (Å²) in [4.78, 5) is 37.6. The predicted octanol–water partition coefficient (Wildman–Crippen LogP) is 1.01. The van der Waals surface area contributed by atoms with Crippen LogP contribution in [0.1, 0.15) is 46.5 Å². The van der Waals surface area contributed by atoms with Crippen LogP contribution < -0.4 is 10.6 Å². The summed E-state index contributed by atoms with van der Waals surface area (Å²) in [7, 11) is 0. The molecule has 1 heterocycles. The van der Waals surface area contributed by atoms with Crippen LogP contribution in [0, 0.1) is 5.92 Å². The zero-order valence-corrected chi connectivity index (χ0v) is 12.4. The van der Waals surface area contributed by atoms with Gasteiger partial charge in [-0.25, -0.2) is 4.79 Å². The van der Waals surface area contributed by atoms with Crippen LogP contribution in [0.4, 0.5) is 4.79 Å². The van der Waals surface area contributed by atoms with E-state index in [0.29, 0.717) is 18.8 Å². The van der Waals surface area contributed by atoms with Crippen LogP contribution >= 0.6 is 0 Å². The minimum atomic E-state index is -0.816. The van der Waals surface area contributed by atoms with Gasteiger partial charge in [-0.1, -0.05) is 19.8 Å². The number of hydrogen-bond donors (Lipinski definition) is 2. The van der Waals surface area contributed by atoms with Crippen molar-refractivity contribution in [3.05, 3.63) is 0 Å². The second-order valence-electron chi connectivity index (χ2n) is 6.30. The molecule has 4 amide bonds. The van der Waals surface area contributed by atoms with Crippen LogP contribution in [-0.4, -0.2) is 40.9 Å². The average molecular weight is 281 g/mol. The third-order valence-corrected chi connectivity index (χ3v) is 4.13. The van der Waals surface area contributed by atoms with Crippen molar-refractivity contribution in [1.82, 2.24) is 15.5 Å². The summed E-state index contributed by atoms with van der Waals surface area (Å²) in [6.07, 6.45) is 3.25. The minimum Gasteiger partial charge on any atom is -0.352 e. The highest BCUT2D eigenvalue weighted by molar-refractivity contribution is 6.08. The maximum Gasteiger partial charge on any atom is 0.325 e. The van der Waals surface area contributed by atoms with Crippen LogP contribution in [0.15, 0.2) is 0 Å². The lowest BCUT2D eigenvalue weighted by Gasteiger charge is -2.40. The molecule has 1 saturated carbocycles. The first-order valence-corrected chi connectivity index (χ1v) is 7.27. The summed E-state index contributed by atoms with van der Waals surface area (Å²) < 4.78 is 0. The Labute approximate surface area is 119 Å². The van der Waals surface area contributed by atoms with Gasteiger partial charge >= 0.3 is 6.03 Å².